The fourth-order valence-corrected chi connectivity index (χ4v) is 1.29. The Morgan fingerprint density at radius 1 is 1.27 bits per heavy atom. The molecule has 1 heteroatoms. The highest BCUT2D eigenvalue weighted by atomic mass is 14.9. The first-order valence-corrected chi connectivity index (χ1v) is 4.82. The number of allylic oxidation sites excluding steroid dienone is 1. The van der Waals surface area contributed by atoms with Crippen molar-refractivity contribution in [1.82, 2.24) is 5.32 Å². The van der Waals surface area contributed by atoms with Gasteiger partial charge in [0.2, 0.25) is 0 Å². The topological polar surface area (TPSA) is 12.0 Å². The van der Waals surface area contributed by atoms with Crippen LogP contribution in [-0.2, 0) is 0 Å². The van der Waals surface area contributed by atoms with Gasteiger partial charge < -0.3 is 5.32 Å². The third kappa shape index (κ3) is 3.57. The van der Waals surface area contributed by atoms with E-state index >= 15 is 0 Å². The second kappa shape index (κ2) is 5.36. The monoisotopic (exact) mass is 153 g/mol. The van der Waals surface area contributed by atoms with E-state index in [9.17, 15) is 0 Å². The highest BCUT2D eigenvalue weighted by Gasteiger charge is 2.04. The van der Waals surface area contributed by atoms with Crippen LogP contribution in [0.5, 0.6) is 0 Å². The second-order valence-electron chi connectivity index (χ2n) is 3.32. The molecule has 0 amide bonds. The van der Waals surface area contributed by atoms with Crippen LogP contribution in [0, 0.1) is 0 Å². The van der Waals surface area contributed by atoms with Crippen LogP contribution in [0.3, 0.4) is 0 Å². The zero-order valence-electron chi connectivity index (χ0n) is 7.53. The van der Waals surface area contributed by atoms with Crippen LogP contribution < -0.4 is 5.32 Å². The van der Waals surface area contributed by atoms with Gasteiger partial charge in [0.05, 0.1) is 0 Å². The van der Waals surface area contributed by atoms with Gasteiger partial charge >= 0.3 is 0 Å². The Balaban J connectivity index is 1.87. The molecule has 1 fully saturated rings. The molecule has 0 atom stereocenters. The van der Waals surface area contributed by atoms with Gasteiger partial charge in [-0.1, -0.05) is 32.3 Å². The third-order valence-electron chi connectivity index (χ3n) is 2.19. The molecule has 0 radical (unpaired) electrons. The molecule has 1 saturated heterocycles. The van der Waals surface area contributed by atoms with E-state index in [0.717, 1.165) is 13.1 Å². The Morgan fingerprint density at radius 3 is 2.64 bits per heavy atom. The molecule has 11 heavy (non-hydrogen) atoms. The Hall–Kier alpha value is -0.300. The number of rotatable bonds is 5. The average Bonchev–Trinajstić information content (AvgIpc) is 1.93. The Morgan fingerprint density at radius 2 is 2.09 bits per heavy atom. The van der Waals surface area contributed by atoms with E-state index in [2.05, 4.69) is 18.3 Å². The van der Waals surface area contributed by atoms with Crippen molar-refractivity contribution in [3.8, 4) is 0 Å². The molecular weight excluding hydrogens is 134 g/mol. The number of nitrogens with one attached hydrogen (secondary N) is 1. The normalized spacial score (nSPS) is 16.3. The van der Waals surface area contributed by atoms with Gasteiger partial charge in [-0.05, 0) is 18.4 Å². The fourth-order valence-electron chi connectivity index (χ4n) is 1.29. The molecule has 1 aliphatic rings. The lowest BCUT2D eigenvalue weighted by Crippen LogP contribution is -2.33. The average molecular weight is 153 g/mol. The Kier molecular flexibility index (Phi) is 4.29. The van der Waals surface area contributed by atoms with E-state index in [0.29, 0.717) is 0 Å². The Labute approximate surface area is 69.9 Å². The van der Waals surface area contributed by atoms with Gasteiger partial charge in [-0.15, -0.1) is 0 Å². The van der Waals surface area contributed by atoms with Crippen LogP contribution in [0.4, 0.5) is 0 Å². The van der Waals surface area contributed by atoms with Crippen LogP contribution in [0.1, 0.15) is 39.0 Å². The summed E-state index contributed by atoms with van der Waals surface area (Å²) in [5.41, 5.74) is 1.61. The van der Waals surface area contributed by atoms with Crippen molar-refractivity contribution < 1.29 is 0 Å². The van der Waals surface area contributed by atoms with Gasteiger partial charge in [-0.3, -0.25) is 0 Å². The van der Waals surface area contributed by atoms with Crippen LogP contribution >= 0.6 is 0 Å². The molecule has 1 nitrogen and oxygen atoms in total. The predicted octanol–water partition coefficient (Wildman–Crippen LogP) is 2.49. The maximum absolute atomic E-state index is 3.24. The van der Waals surface area contributed by atoms with E-state index in [4.69, 9.17) is 0 Å². The van der Waals surface area contributed by atoms with Crippen molar-refractivity contribution >= 4 is 0 Å². The quantitative estimate of drug-likeness (QED) is 0.472. The summed E-state index contributed by atoms with van der Waals surface area (Å²) >= 11 is 0. The molecule has 1 heterocycles. The largest absolute Gasteiger partial charge is 0.309 e. The summed E-state index contributed by atoms with van der Waals surface area (Å²) in [6.45, 7) is 4.55. The van der Waals surface area contributed by atoms with E-state index in [1.165, 1.54) is 32.1 Å². The second-order valence-corrected chi connectivity index (χ2v) is 3.32. The summed E-state index contributed by atoms with van der Waals surface area (Å²) in [6.07, 6.45) is 9.26. The number of hydrogen-bond acceptors (Lipinski definition) is 1. The molecule has 1 rings (SSSR count). The minimum atomic E-state index is 1.15. The van der Waals surface area contributed by atoms with Crippen LogP contribution in [0.25, 0.3) is 0 Å². The predicted molar refractivity (Wildman–Crippen MR) is 49.7 cm³/mol. The van der Waals surface area contributed by atoms with Crippen molar-refractivity contribution in [3.63, 3.8) is 0 Å². The van der Waals surface area contributed by atoms with Gasteiger partial charge in [0, 0.05) is 13.1 Å². The van der Waals surface area contributed by atoms with Gasteiger partial charge in [0.15, 0.2) is 0 Å². The number of hydrogen-bond donors (Lipinski definition) is 1. The smallest absolute Gasteiger partial charge is 0.0180 e. The third-order valence-corrected chi connectivity index (χ3v) is 2.19. The molecule has 1 aliphatic heterocycles. The van der Waals surface area contributed by atoms with Crippen molar-refractivity contribution in [2.24, 2.45) is 0 Å². The SMILES string of the molecule is CCCCCCC=C1CNC1. The lowest BCUT2D eigenvalue weighted by molar-refractivity contribution is 0.643. The zero-order valence-corrected chi connectivity index (χ0v) is 7.53. The Bertz CT molecular complexity index is 121. The van der Waals surface area contributed by atoms with Crippen molar-refractivity contribution in [2.45, 2.75) is 39.0 Å². The molecule has 0 aromatic carbocycles. The van der Waals surface area contributed by atoms with E-state index in [-0.39, 0.29) is 0 Å². The maximum Gasteiger partial charge on any atom is 0.0180 e. The summed E-state index contributed by atoms with van der Waals surface area (Å²) in [5.74, 6) is 0. The van der Waals surface area contributed by atoms with Crippen molar-refractivity contribution in [3.05, 3.63) is 11.6 Å². The molecule has 1 N–H and O–H groups in total. The summed E-state index contributed by atoms with van der Waals surface area (Å²) in [4.78, 5) is 0. The summed E-state index contributed by atoms with van der Waals surface area (Å²) in [5, 5.41) is 3.24. The lowest BCUT2D eigenvalue weighted by Gasteiger charge is -2.18. The van der Waals surface area contributed by atoms with Crippen LogP contribution in [0.2, 0.25) is 0 Å². The van der Waals surface area contributed by atoms with Crippen LogP contribution in [-0.4, -0.2) is 13.1 Å². The zero-order chi connectivity index (χ0) is 7.94. The summed E-state index contributed by atoms with van der Waals surface area (Å²) in [6, 6.07) is 0. The van der Waals surface area contributed by atoms with E-state index < -0.39 is 0 Å². The molecule has 0 aromatic rings. The van der Waals surface area contributed by atoms with E-state index in [1.807, 2.05) is 0 Å². The maximum atomic E-state index is 3.24. The van der Waals surface area contributed by atoms with E-state index in [1.54, 1.807) is 5.57 Å². The lowest BCUT2D eigenvalue weighted by atomic mass is 10.1. The van der Waals surface area contributed by atoms with Crippen molar-refractivity contribution in [1.29, 1.82) is 0 Å². The molecular formula is C10H19N. The summed E-state index contributed by atoms with van der Waals surface area (Å²) < 4.78 is 0. The van der Waals surface area contributed by atoms with Gasteiger partial charge in [-0.2, -0.15) is 0 Å². The molecule has 0 spiro atoms. The van der Waals surface area contributed by atoms with Gasteiger partial charge in [0.25, 0.3) is 0 Å². The molecule has 64 valence electrons. The van der Waals surface area contributed by atoms with Gasteiger partial charge in [0.1, 0.15) is 0 Å². The minimum Gasteiger partial charge on any atom is -0.309 e. The van der Waals surface area contributed by atoms with Crippen molar-refractivity contribution in [2.75, 3.05) is 13.1 Å². The molecule has 0 saturated carbocycles. The standard InChI is InChI=1S/C10H19N/c1-2-3-4-5-6-7-10-8-11-9-10/h7,11H,2-6,8-9H2,1H3. The molecule has 0 aliphatic carbocycles. The summed E-state index contributed by atoms with van der Waals surface area (Å²) in [7, 11) is 0. The fraction of sp³-hybridized carbons (Fsp3) is 0.800. The molecule has 0 unspecified atom stereocenters. The van der Waals surface area contributed by atoms with Crippen LogP contribution in [0.15, 0.2) is 11.6 Å². The minimum absolute atomic E-state index is 1.15. The number of unbranched alkanes of at least 4 members (excludes halogenated alkanes) is 4. The van der Waals surface area contributed by atoms with Gasteiger partial charge in [-0.25, -0.2) is 0 Å². The first kappa shape index (κ1) is 8.79. The first-order valence-electron chi connectivity index (χ1n) is 4.82. The highest BCUT2D eigenvalue weighted by molar-refractivity contribution is 5.13. The molecule has 0 aromatic heterocycles. The first-order chi connectivity index (χ1) is 5.43. The molecule has 0 bridgehead atoms. The highest BCUT2D eigenvalue weighted by Crippen LogP contribution is 2.07.